The molecule has 8 aromatic carbocycles. The highest BCUT2D eigenvalue weighted by molar-refractivity contribution is 6.13. The van der Waals surface area contributed by atoms with Crippen LogP contribution in [-0.2, 0) is 12.4 Å². The van der Waals surface area contributed by atoms with Crippen molar-refractivity contribution in [2.24, 2.45) is 0 Å². The summed E-state index contributed by atoms with van der Waals surface area (Å²) >= 11 is 0. The van der Waals surface area contributed by atoms with Gasteiger partial charge in [0.2, 0.25) is 0 Å². The second-order valence-electron chi connectivity index (χ2n) is 17.5. The molecule has 11 heteroatoms. The molecule has 0 atom stereocenters. The SMILES string of the molecule is N#Cc1cc(-n2c3ccccc3c3ccc(-c4cccnc4-c4ccccc4)cc32)c(-c2cc(C(F)(F)F)ccc2C(F)(F)F)c(-n2c3ccccc3c3ccc(-c4cccnc4-c4ccccc4)cc32)c1. The van der Waals surface area contributed by atoms with E-state index in [-0.39, 0.29) is 22.5 Å². The number of rotatable bonds is 7. The summed E-state index contributed by atoms with van der Waals surface area (Å²) in [5, 5.41) is 13.9. The van der Waals surface area contributed by atoms with Crippen molar-refractivity contribution >= 4 is 43.6 Å². The summed E-state index contributed by atoms with van der Waals surface area (Å²) in [6.45, 7) is 0. The molecule has 72 heavy (non-hydrogen) atoms. The number of fused-ring (bicyclic) bond motifs is 6. The Hall–Kier alpha value is -9.27. The highest BCUT2D eigenvalue weighted by Crippen LogP contribution is 2.49. The Morgan fingerprint density at radius 2 is 0.847 bits per heavy atom. The predicted octanol–water partition coefficient (Wildman–Crippen LogP) is 16.9. The standard InChI is InChI=1S/C61H35F6N5/c62-60(63,64)42-25-28-50(61(65,66)67)49(35-42)57-55(71-51-21-9-7-17-45(51)47-26-23-40(33-53(47)71)43-19-11-29-69-58(43)38-13-3-1-4-14-38)31-37(36-68)32-56(57)72-52-22-10-8-18-46(52)48-27-24-41(34-54(48)72)44-20-12-30-70-59(44)39-15-5-2-6-16-39/h1-35H. The first-order valence-electron chi connectivity index (χ1n) is 22.9. The van der Waals surface area contributed by atoms with E-state index < -0.39 is 29.0 Å². The summed E-state index contributed by atoms with van der Waals surface area (Å²) in [6, 6.07) is 59.9. The maximum atomic E-state index is 15.7. The smallest absolute Gasteiger partial charge is 0.308 e. The molecule has 0 spiro atoms. The van der Waals surface area contributed by atoms with Crippen LogP contribution in [0.1, 0.15) is 16.7 Å². The second kappa shape index (κ2) is 17.0. The normalized spacial score (nSPS) is 12.0. The van der Waals surface area contributed by atoms with Crippen LogP contribution >= 0.6 is 0 Å². The molecular formula is C61H35F6N5. The molecule has 0 aliphatic rings. The van der Waals surface area contributed by atoms with Crippen molar-refractivity contribution in [3.63, 3.8) is 0 Å². The fraction of sp³-hybridized carbons (Fsp3) is 0.0328. The third kappa shape index (κ3) is 7.35. The zero-order chi connectivity index (χ0) is 49.3. The van der Waals surface area contributed by atoms with Crippen LogP contribution < -0.4 is 0 Å². The van der Waals surface area contributed by atoms with E-state index in [0.29, 0.717) is 51.7 Å². The van der Waals surface area contributed by atoms with Crippen LogP contribution in [-0.4, -0.2) is 19.1 Å². The van der Waals surface area contributed by atoms with Crippen molar-refractivity contribution in [2.75, 3.05) is 0 Å². The van der Waals surface area contributed by atoms with Crippen LogP contribution in [0, 0.1) is 11.3 Å². The number of para-hydroxylation sites is 2. The number of pyridine rings is 2. The first-order chi connectivity index (χ1) is 35.0. The average molecular weight is 952 g/mol. The van der Waals surface area contributed by atoms with Crippen LogP contribution in [0.3, 0.4) is 0 Å². The summed E-state index contributed by atoms with van der Waals surface area (Å²) in [5.41, 5.74) is 5.05. The quantitative estimate of drug-likeness (QED) is 0.150. The third-order valence-corrected chi connectivity index (χ3v) is 13.3. The Morgan fingerprint density at radius 1 is 0.389 bits per heavy atom. The lowest BCUT2D eigenvalue weighted by molar-refractivity contribution is -0.141. The molecule has 0 aliphatic heterocycles. The van der Waals surface area contributed by atoms with Crippen molar-refractivity contribution in [1.82, 2.24) is 19.1 Å². The van der Waals surface area contributed by atoms with E-state index in [0.717, 1.165) is 54.9 Å². The van der Waals surface area contributed by atoms with Gasteiger partial charge in [-0.3, -0.25) is 9.97 Å². The van der Waals surface area contributed by atoms with Gasteiger partial charge in [-0.25, -0.2) is 0 Å². The Kier molecular flexibility index (Phi) is 10.4. The number of hydrogen-bond donors (Lipinski definition) is 0. The minimum absolute atomic E-state index is 0.0608. The molecule has 0 bridgehead atoms. The summed E-state index contributed by atoms with van der Waals surface area (Å²) < 4.78 is 95.7. The molecule has 12 rings (SSSR count). The van der Waals surface area contributed by atoms with Crippen molar-refractivity contribution in [2.45, 2.75) is 12.4 Å². The Labute approximate surface area is 407 Å². The first-order valence-corrected chi connectivity index (χ1v) is 22.9. The van der Waals surface area contributed by atoms with Gasteiger partial charge in [0, 0.05) is 61.8 Å². The van der Waals surface area contributed by atoms with Crippen molar-refractivity contribution < 1.29 is 26.3 Å². The van der Waals surface area contributed by atoms with E-state index in [1.807, 2.05) is 158 Å². The Bertz CT molecular complexity index is 3920. The fourth-order valence-corrected chi connectivity index (χ4v) is 10.2. The van der Waals surface area contributed by atoms with Crippen molar-refractivity contribution in [3.8, 4) is 73.3 Å². The van der Waals surface area contributed by atoms with Crippen molar-refractivity contribution in [3.05, 3.63) is 229 Å². The van der Waals surface area contributed by atoms with E-state index in [4.69, 9.17) is 9.97 Å². The topological polar surface area (TPSA) is 59.4 Å². The summed E-state index contributed by atoms with van der Waals surface area (Å²) in [5.74, 6) is 0. The monoisotopic (exact) mass is 951 g/mol. The average Bonchev–Trinajstić information content (AvgIpc) is 3.92. The van der Waals surface area contributed by atoms with Gasteiger partial charge in [0.15, 0.2) is 0 Å². The van der Waals surface area contributed by atoms with Crippen LogP contribution in [0.2, 0.25) is 0 Å². The number of hydrogen-bond acceptors (Lipinski definition) is 3. The summed E-state index contributed by atoms with van der Waals surface area (Å²) in [6.07, 6.45) is -6.74. The molecule has 5 nitrogen and oxygen atoms in total. The molecule has 0 radical (unpaired) electrons. The number of aromatic nitrogens is 4. The predicted molar refractivity (Wildman–Crippen MR) is 273 cm³/mol. The van der Waals surface area contributed by atoms with Gasteiger partial charge in [-0.2, -0.15) is 31.6 Å². The molecule has 0 unspecified atom stereocenters. The second-order valence-corrected chi connectivity index (χ2v) is 17.5. The molecule has 0 amide bonds. The largest absolute Gasteiger partial charge is 0.417 e. The highest BCUT2D eigenvalue weighted by atomic mass is 19.4. The minimum Gasteiger partial charge on any atom is -0.308 e. The third-order valence-electron chi connectivity index (χ3n) is 13.3. The number of halogens is 6. The first kappa shape index (κ1) is 44.0. The van der Waals surface area contributed by atoms with Crippen LogP contribution in [0.5, 0.6) is 0 Å². The van der Waals surface area contributed by atoms with Gasteiger partial charge in [-0.05, 0) is 83.4 Å². The highest BCUT2D eigenvalue weighted by Gasteiger charge is 2.39. The molecule has 346 valence electrons. The number of nitrogens with zero attached hydrogens (tertiary/aromatic N) is 5. The lowest BCUT2D eigenvalue weighted by Gasteiger charge is -2.24. The number of alkyl halides is 6. The van der Waals surface area contributed by atoms with Gasteiger partial charge in [-0.15, -0.1) is 0 Å². The van der Waals surface area contributed by atoms with Crippen molar-refractivity contribution in [1.29, 1.82) is 5.26 Å². The lowest BCUT2D eigenvalue weighted by Crippen LogP contribution is -2.13. The molecular weight excluding hydrogens is 917 g/mol. The molecule has 0 fully saturated rings. The summed E-state index contributed by atoms with van der Waals surface area (Å²) in [4.78, 5) is 9.51. The Balaban J connectivity index is 1.24. The Morgan fingerprint density at radius 3 is 1.31 bits per heavy atom. The van der Waals surface area contributed by atoms with Crippen LogP contribution in [0.25, 0.3) is 111 Å². The lowest BCUT2D eigenvalue weighted by atomic mass is 9.92. The van der Waals surface area contributed by atoms with E-state index in [1.165, 1.54) is 12.1 Å². The van der Waals surface area contributed by atoms with Crippen LogP contribution in [0.4, 0.5) is 26.3 Å². The fourth-order valence-electron chi connectivity index (χ4n) is 10.2. The van der Waals surface area contributed by atoms with E-state index in [2.05, 4.69) is 6.07 Å². The van der Waals surface area contributed by atoms with Gasteiger partial charge in [0.25, 0.3) is 0 Å². The number of nitriles is 1. The van der Waals surface area contributed by atoms with Gasteiger partial charge in [-0.1, -0.05) is 133 Å². The van der Waals surface area contributed by atoms with Crippen LogP contribution in [0.15, 0.2) is 213 Å². The molecule has 0 aliphatic carbocycles. The molecule has 0 saturated heterocycles. The zero-order valence-electron chi connectivity index (χ0n) is 37.7. The molecule has 4 heterocycles. The summed E-state index contributed by atoms with van der Waals surface area (Å²) in [7, 11) is 0. The van der Waals surface area contributed by atoms with E-state index in [9.17, 15) is 18.4 Å². The zero-order valence-corrected chi connectivity index (χ0v) is 37.7. The van der Waals surface area contributed by atoms with Gasteiger partial charge < -0.3 is 9.13 Å². The molecule has 12 aromatic rings. The molecule has 0 N–H and O–H groups in total. The van der Waals surface area contributed by atoms with Gasteiger partial charge in [0.05, 0.1) is 67.6 Å². The van der Waals surface area contributed by atoms with Gasteiger partial charge in [0.1, 0.15) is 0 Å². The maximum absolute atomic E-state index is 15.7. The van der Waals surface area contributed by atoms with E-state index in [1.54, 1.807) is 33.7 Å². The van der Waals surface area contributed by atoms with E-state index >= 15 is 13.2 Å². The van der Waals surface area contributed by atoms with Gasteiger partial charge >= 0.3 is 12.4 Å². The number of benzene rings is 8. The maximum Gasteiger partial charge on any atom is 0.417 e. The molecule has 0 saturated carbocycles. The molecule has 4 aromatic heterocycles. The minimum atomic E-state index is -5.12.